The van der Waals surface area contributed by atoms with Gasteiger partial charge in [-0.15, -0.1) is 0 Å². The fourth-order valence-electron chi connectivity index (χ4n) is 1.88. The van der Waals surface area contributed by atoms with Gasteiger partial charge in [0.15, 0.2) is 0 Å². The molecule has 0 spiro atoms. The summed E-state index contributed by atoms with van der Waals surface area (Å²) in [6.45, 7) is 2.17. The van der Waals surface area contributed by atoms with Gasteiger partial charge in [0.25, 0.3) is 0 Å². The summed E-state index contributed by atoms with van der Waals surface area (Å²) < 4.78 is 5.72. The zero-order chi connectivity index (χ0) is 15.1. The van der Waals surface area contributed by atoms with E-state index in [1.165, 1.54) is 5.56 Å². The highest BCUT2D eigenvalue weighted by molar-refractivity contribution is 6.35. The SMILES string of the molecule is OCC[NH2+]Cc1ccc(OCc2ccc(Cl)cc2Cl)cc1. The van der Waals surface area contributed by atoms with Crippen LogP contribution in [0.5, 0.6) is 5.75 Å². The van der Waals surface area contributed by atoms with E-state index in [1.807, 2.05) is 30.3 Å². The molecule has 0 amide bonds. The van der Waals surface area contributed by atoms with Gasteiger partial charge in [-0.05, 0) is 36.4 Å². The molecule has 0 aliphatic carbocycles. The molecule has 2 aromatic carbocycles. The molecule has 112 valence electrons. The molecule has 0 radical (unpaired) electrons. The summed E-state index contributed by atoms with van der Waals surface area (Å²) in [5, 5.41) is 12.0. The van der Waals surface area contributed by atoms with E-state index in [-0.39, 0.29) is 6.61 Å². The van der Waals surface area contributed by atoms with E-state index in [4.69, 9.17) is 33.0 Å². The lowest BCUT2D eigenvalue weighted by molar-refractivity contribution is -0.671. The van der Waals surface area contributed by atoms with E-state index < -0.39 is 0 Å². The average molecular weight is 327 g/mol. The van der Waals surface area contributed by atoms with E-state index in [0.717, 1.165) is 17.9 Å². The topological polar surface area (TPSA) is 46.1 Å². The number of halogens is 2. The number of hydrogen-bond acceptors (Lipinski definition) is 2. The first-order chi connectivity index (χ1) is 10.2. The molecule has 2 aromatic rings. The Morgan fingerprint density at radius 1 is 1.05 bits per heavy atom. The van der Waals surface area contributed by atoms with E-state index in [0.29, 0.717) is 23.2 Å². The molecule has 3 N–H and O–H groups in total. The molecule has 0 saturated carbocycles. The summed E-state index contributed by atoms with van der Waals surface area (Å²) in [5.74, 6) is 0.798. The number of ether oxygens (including phenoxy) is 1. The third-order valence-corrected chi connectivity index (χ3v) is 3.63. The van der Waals surface area contributed by atoms with Gasteiger partial charge >= 0.3 is 0 Å². The maximum atomic E-state index is 8.74. The second-order valence-corrected chi connectivity index (χ2v) is 5.52. The summed E-state index contributed by atoms with van der Waals surface area (Å²) in [6, 6.07) is 13.3. The van der Waals surface area contributed by atoms with Crippen LogP contribution >= 0.6 is 23.2 Å². The molecule has 0 aliphatic heterocycles. The van der Waals surface area contributed by atoms with Gasteiger partial charge in [0, 0.05) is 21.2 Å². The van der Waals surface area contributed by atoms with Crippen LogP contribution in [0.25, 0.3) is 0 Å². The van der Waals surface area contributed by atoms with Gasteiger partial charge in [-0.25, -0.2) is 0 Å². The van der Waals surface area contributed by atoms with E-state index in [2.05, 4.69) is 5.32 Å². The van der Waals surface area contributed by atoms with Crippen molar-refractivity contribution in [3.63, 3.8) is 0 Å². The van der Waals surface area contributed by atoms with Gasteiger partial charge in [0.05, 0.1) is 13.2 Å². The van der Waals surface area contributed by atoms with Crippen molar-refractivity contribution in [2.24, 2.45) is 0 Å². The van der Waals surface area contributed by atoms with Crippen LogP contribution in [0, 0.1) is 0 Å². The smallest absolute Gasteiger partial charge is 0.119 e. The number of rotatable bonds is 7. The van der Waals surface area contributed by atoms with Crippen LogP contribution in [0.1, 0.15) is 11.1 Å². The number of aliphatic hydroxyl groups is 1. The molecule has 0 atom stereocenters. The summed E-state index contributed by atoms with van der Waals surface area (Å²) in [6.07, 6.45) is 0. The van der Waals surface area contributed by atoms with Gasteiger partial charge in [-0.2, -0.15) is 0 Å². The van der Waals surface area contributed by atoms with Crippen molar-refractivity contribution in [1.82, 2.24) is 0 Å². The van der Waals surface area contributed by atoms with Gasteiger partial charge in [-0.1, -0.05) is 29.3 Å². The van der Waals surface area contributed by atoms with Crippen LogP contribution in [0.2, 0.25) is 10.0 Å². The summed E-state index contributed by atoms with van der Waals surface area (Å²) in [4.78, 5) is 0. The molecule has 0 bridgehead atoms. The Morgan fingerprint density at radius 3 is 2.48 bits per heavy atom. The molecule has 2 rings (SSSR count). The zero-order valence-electron chi connectivity index (χ0n) is 11.6. The first kappa shape index (κ1) is 16.1. The molecular formula is C16H18Cl2NO2+. The lowest BCUT2D eigenvalue weighted by Gasteiger charge is -2.08. The minimum Gasteiger partial charge on any atom is -0.489 e. The number of nitrogens with two attached hydrogens (primary N) is 1. The third kappa shape index (κ3) is 5.21. The normalized spacial score (nSPS) is 10.6. The highest BCUT2D eigenvalue weighted by Crippen LogP contribution is 2.22. The van der Waals surface area contributed by atoms with E-state index in [1.54, 1.807) is 12.1 Å². The van der Waals surface area contributed by atoms with Crippen LogP contribution in [0.3, 0.4) is 0 Å². The van der Waals surface area contributed by atoms with Crippen molar-refractivity contribution >= 4 is 23.2 Å². The monoisotopic (exact) mass is 326 g/mol. The Morgan fingerprint density at radius 2 is 1.81 bits per heavy atom. The number of quaternary nitrogens is 1. The van der Waals surface area contributed by atoms with E-state index >= 15 is 0 Å². The van der Waals surface area contributed by atoms with Crippen molar-refractivity contribution in [1.29, 1.82) is 0 Å². The molecule has 0 unspecified atom stereocenters. The van der Waals surface area contributed by atoms with E-state index in [9.17, 15) is 0 Å². The predicted molar refractivity (Wildman–Crippen MR) is 84.8 cm³/mol. The Bertz CT molecular complexity index is 573. The average Bonchev–Trinajstić information content (AvgIpc) is 2.48. The van der Waals surface area contributed by atoms with Gasteiger partial charge in [0.2, 0.25) is 0 Å². The Balaban J connectivity index is 1.88. The Kier molecular flexibility index (Phi) is 6.33. The molecular weight excluding hydrogens is 309 g/mol. The van der Waals surface area contributed by atoms with Crippen LogP contribution in [0.15, 0.2) is 42.5 Å². The lowest BCUT2D eigenvalue weighted by Crippen LogP contribution is -2.83. The molecule has 0 aliphatic rings. The highest BCUT2D eigenvalue weighted by atomic mass is 35.5. The molecule has 0 aromatic heterocycles. The number of aliphatic hydroxyl groups excluding tert-OH is 1. The van der Waals surface area contributed by atoms with Crippen molar-refractivity contribution in [3.05, 3.63) is 63.6 Å². The highest BCUT2D eigenvalue weighted by Gasteiger charge is 2.03. The van der Waals surface area contributed by atoms with Crippen molar-refractivity contribution < 1.29 is 15.2 Å². The van der Waals surface area contributed by atoms with Crippen molar-refractivity contribution in [3.8, 4) is 5.75 Å². The quantitative estimate of drug-likeness (QED) is 0.768. The molecule has 5 heteroatoms. The Labute approximate surface area is 134 Å². The van der Waals surface area contributed by atoms with Crippen LogP contribution in [-0.4, -0.2) is 18.3 Å². The fourth-order valence-corrected chi connectivity index (χ4v) is 2.34. The van der Waals surface area contributed by atoms with Crippen LogP contribution in [-0.2, 0) is 13.2 Å². The second kappa shape index (κ2) is 8.25. The fraction of sp³-hybridized carbons (Fsp3) is 0.250. The molecule has 0 saturated heterocycles. The first-order valence-corrected chi connectivity index (χ1v) is 7.53. The van der Waals surface area contributed by atoms with Crippen molar-refractivity contribution in [2.45, 2.75) is 13.2 Å². The van der Waals surface area contributed by atoms with Crippen LogP contribution in [0.4, 0.5) is 0 Å². The van der Waals surface area contributed by atoms with Gasteiger partial charge in [-0.3, -0.25) is 0 Å². The second-order valence-electron chi connectivity index (χ2n) is 4.67. The lowest BCUT2D eigenvalue weighted by atomic mass is 10.2. The Hall–Kier alpha value is -1.26. The molecule has 21 heavy (non-hydrogen) atoms. The maximum Gasteiger partial charge on any atom is 0.119 e. The third-order valence-electron chi connectivity index (χ3n) is 3.05. The number of hydrogen-bond donors (Lipinski definition) is 2. The number of benzene rings is 2. The standard InChI is InChI=1S/C16H17Cl2NO2/c17-14-4-3-13(16(18)9-14)11-21-15-5-1-12(2-6-15)10-19-7-8-20/h1-6,9,19-20H,7-8,10-11H2/p+1. The summed E-state index contributed by atoms with van der Waals surface area (Å²) in [7, 11) is 0. The van der Waals surface area contributed by atoms with Gasteiger partial charge in [0.1, 0.15) is 18.9 Å². The largest absolute Gasteiger partial charge is 0.489 e. The predicted octanol–water partition coefficient (Wildman–Crippen LogP) is 2.63. The van der Waals surface area contributed by atoms with Gasteiger partial charge < -0.3 is 15.2 Å². The molecule has 0 heterocycles. The zero-order valence-corrected chi connectivity index (χ0v) is 13.1. The first-order valence-electron chi connectivity index (χ1n) is 6.77. The van der Waals surface area contributed by atoms with Crippen LogP contribution < -0.4 is 10.1 Å². The molecule has 0 fully saturated rings. The summed E-state index contributed by atoms with van der Waals surface area (Å²) in [5.41, 5.74) is 2.10. The molecule has 3 nitrogen and oxygen atoms in total. The minimum atomic E-state index is 0.197. The van der Waals surface area contributed by atoms with Crippen molar-refractivity contribution in [2.75, 3.05) is 13.2 Å². The summed E-state index contributed by atoms with van der Waals surface area (Å²) >= 11 is 12.0. The maximum absolute atomic E-state index is 8.74. The minimum absolute atomic E-state index is 0.197.